The lowest BCUT2D eigenvalue weighted by Gasteiger charge is -2.11. The fourth-order valence-electron chi connectivity index (χ4n) is 3.08. The van der Waals surface area contributed by atoms with Crippen molar-refractivity contribution >= 4 is 34.0 Å². The van der Waals surface area contributed by atoms with Crippen LogP contribution in [-0.2, 0) is 6.18 Å². The molecule has 0 saturated heterocycles. The number of alkyl halides is 3. The molecule has 0 saturated carbocycles. The first-order chi connectivity index (χ1) is 14.2. The number of halogens is 3. The summed E-state index contributed by atoms with van der Waals surface area (Å²) in [6.07, 6.45) is -2.84. The summed E-state index contributed by atoms with van der Waals surface area (Å²) < 4.78 is 40.0. The Bertz CT molecular complexity index is 1200. The van der Waals surface area contributed by atoms with Crippen LogP contribution in [0.4, 0.5) is 18.9 Å². The van der Waals surface area contributed by atoms with Gasteiger partial charge in [0.15, 0.2) is 5.65 Å². The number of carbonyl (C=O) groups is 1. The van der Waals surface area contributed by atoms with Crippen molar-refractivity contribution < 1.29 is 18.0 Å². The number of fused-ring (bicyclic) bond motifs is 1. The van der Waals surface area contributed by atoms with E-state index in [2.05, 4.69) is 10.4 Å². The molecule has 3 heterocycles. The van der Waals surface area contributed by atoms with Crippen LogP contribution in [0.3, 0.4) is 0 Å². The zero-order valence-corrected chi connectivity index (χ0v) is 16.9. The zero-order chi connectivity index (χ0) is 21.5. The Labute approximate surface area is 174 Å². The van der Waals surface area contributed by atoms with E-state index in [-0.39, 0.29) is 11.7 Å². The number of hydrogen-bond donors (Lipinski definition) is 1. The van der Waals surface area contributed by atoms with E-state index in [4.69, 9.17) is 4.98 Å². The van der Waals surface area contributed by atoms with Gasteiger partial charge >= 0.3 is 6.18 Å². The molecule has 1 aromatic carbocycles. The van der Waals surface area contributed by atoms with Gasteiger partial charge in [-0.3, -0.25) is 4.79 Å². The summed E-state index contributed by atoms with van der Waals surface area (Å²) >= 11 is 1.50. The van der Waals surface area contributed by atoms with E-state index < -0.39 is 17.6 Å². The average molecular weight is 430 g/mol. The molecule has 0 unspecified atom stereocenters. The number of rotatable bonds is 4. The predicted octanol–water partition coefficient (Wildman–Crippen LogP) is 6.01. The molecule has 0 aliphatic carbocycles. The number of carbonyl (C=O) groups excluding carboxylic acids is 1. The van der Waals surface area contributed by atoms with E-state index in [9.17, 15) is 18.0 Å². The first kappa shape index (κ1) is 20.1. The summed E-state index contributed by atoms with van der Waals surface area (Å²) in [5.74, 6) is -0.441. The molecule has 4 aromatic rings. The van der Waals surface area contributed by atoms with Crippen LogP contribution < -0.4 is 5.32 Å². The molecule has 0 radical (unpaired) electrons. The highest BCUT2D eigenvalue weighted by molar-refractivity contribution is 7.13. The molecular weight excluding hydrogens is 413 g/mol. The third-order valence-electron chi connectivity index (χ3n) is 4.54. The number of pyridine rings is 1. The Balaban J connectivity index is 1.74. The Hall–Kier alpha value is -3.20. The molecular formula is C21H17F3N4OS. The van der Waals surface area contributed by atoms with E-state index in [1.807, 2.05) is 31.4 Å². The minimum Gasteiger partial charge on any atom is -0.322 e. The first-order valence-corrected chi connectivity index (χ1v) is 10.0. The molecule has 0 spiro atoms. The first-order valence-electron chi connectivity index (χ1n) is 9.15. The molecule has 1 N–H and O–H groups in total. The maximum Gasteiger partial charge on any atom is 0.416 e. The van der Waals surface area contributed by atoms with Crippen molar-refractivity contribution in [1.82, 2.24) is 14.8 Å². The Morgan fingerprint density at radius 2 is 1.90 bits per heavy atom. The number of nitrogens with zero attached hydrogens (tertiary/aromatic N) is 3. The summed E-state index contributed by atoms with van der Waals surface area (Å²) in [5, 5.41) is 9.53. The van der Waals surface area contributed by atoms with E-state index in [0.29, 0.717) is 22.3 Å². The number of amides is 1. The van der Waals surface area contributed by atoms with Gasteiger partial charge in [0.05, 0.1) is 33.3 Å². The van der Waals surface area contributed by atoms with Crippen molar-refractivity contribution in [1.29, 1.82) is 0 Å². The van der Waals surface area contributed by atoms with Gasteiger partial charge in [0.25, 0.3) is 5.91 Å². The predicted molar refractivity (Wildman–Crippen MR) is 111 cm³/mol. The highest BCUT2D eigenvalue weighted by atomic mass is 32.1. The quantitative estimate of drug-likeness (QED) is 0.431. The number of benzene rings is 1. The lowest BCUT2D eigenvalue weighted by Crippen LogP contribution is -2.14. The minimum atomic E-state index is -4.43. The molecule has 0 atom stereocenters. The fraction of sp³-hybridized carbons (Fsp3) is 0.190. The number of hydrogen-bond acceptors (Lipinski definition) is 4. The number of anilines is 1. The van der Waals surface area contributed by atoms with Gasteiger partial charge < -0.3 is 5.32 Å². The molecule has 0 aliphatic rings. The van der Waals surface area contributed by atoms with Crippen LogP contribution in [0.1, 0.15) is 35.8 Å². The molecule has 9 heteroatoms. The summed E-state index contributed by atoms with van der Waals surface area (Å²) in [4.78, 5) is 18.6. The van der Waals surface area contributed by atoms with Crippen molar-refractivity contribution in [3.8, 4) is 10.6 Å². The molecule has 5 nitrogen and oxygen atoms in total. The van der Waals surface area contributed by atoms with E-state index in [0.717, 1.165) is 17.0 Å². The van der Waals surface area contributed by atoms with E-state index in [1.54, 1.807) is 16.9 Å². The Kier molecular flexibility index (Phi) is 5.07. The van der Waals surface area contributed by atoms with Crippen LogP contribution in [0.15, 0.2) is 54.0 Å². The minimum absolute atomic E-state index is 0.0411. The molecule has 4 rings (SSSR count). The molecule has 0 bridgehead atoms. The zero-order valence-electron chi connectivity index (χ0n) is 16.1. The van der Waals surface area contributed by atoms with Gasteiger partial charge in [-0.05, 0) is 55.6 Å². The number of nitrogens with one attached hydrogen (secondary N) is 1. The van der Waals surface area contributed by atoms with Crippen LogP contribution in [0, 0.1) is 0 Å². The maximum absolute atomic E-state index is 13.0. The van der Waals surface area contributed by atoms with Crippen LogP contribution in [-0.4, -0.2) is 20.7 Å². The van der Waals surface area contributed by atoms with Gasteiger partial charge in [-0.1, -0.05) is 6.07 Å². The monoisotopic (exact) mass is 430 g/mol. The average Bonchev–Trinajstić information content (AvgIpc) is 3.36. The van der Waals surface area contributed by atoms with Crippen LogP contribution in [0.5, 0.6) is 0 Å². The highest BCUT2D eigenvalue weighted by Gasteiger charge is 2.30. The molecule has 3 aromatic heterocycles. The molecule has 154 valence electrons. The third-order valence-corrected chi connectivity index (χ3v) is 5.44. The molecule has 30 heavy (non-hydrogen) atoms. The van der Waals surface area contributed by atoms with Crippen LogP contribution in [0.2, 0.25) is 0 Å². The van der Waals surface area contributed by atoms with Gasteiger partial charge in [-0.25, -0.2) is 9.67 Å². The lowest BCUT2D eigenvalue weighted by atomic mass is 10.1. The van der Waals surface area contributed by atoms with E-state index in [1.165, 1.54) is 23.5 Å². The van der Waals surface area contributed by atoms with Crippen molar-refractivity contribution in [2.75, 3.05) is 5.32 Å². The fourth-order valence-corrected chi connectivity index (χ4v) is 3.76. The van der Waals surface area contributed by atoms with Gasteiger partial charge in [-0.15, -0.1) is 11.3 Å². The number of thiophene rings is 1. The molecule has 0 aliphatic heterocycles. The summed E-state index contributed by atoms with van der Waals surface area (Å²) in [5.41, 5.74) is 1.07. The maximum atomic E-state index is 13.0. The summed E-state index contributed by atoms with van der Waals surface area (Å²) in [6, 6.07) is 9.87. The van der Waals surface area contributed by atoms with Crippen molar-refractivity contribution in [3.05, 3.63) is 65.2 Å². The second-order valence-corrected chi connectivity index (χ2v) is 7.93. The highest BCUT2D eigenvalue weighted by Crippen LogP contribution is 2.31. The van der Waals surface area contributed by atoms with Crippen molar-refractivity contribution in [2.45, 2.75) is 26.1 Å². The smallest absolute Gasteiger partial charge is 0.322 e. The van der Waals surface area contributed by atoms with E-state index >= 15 is 0 Å². The Morgan fingerprint density at radius 1 is 1.17 bits per heavy atom. The second kappa shape index (κ2) is 7.56. The number of aromatic nitrogens is 3. The van der Waals surface area contributed by atoms with Crippen LogP contribution in [0.25, 0.3) is 21.6 Å². The van der Waals surface area contributed by atoms with Gasteiger partial charge in [-0.2, -0.15) is 18.3 Å². The SMILES string of the molecule is CC(C)n1ncc2c(C(=O)Nc3ccc(C(F)(F)F)cc3)cc(-c3cccs3)nc21. The van der Waals surface area contributed by atoms with Crippen molar-refractivity contribution in [3.63, 3.8) is 0 Å². The van der Waals surface area contributed by atoms with Crippen LogP contribution >= 0.6 is 11.3 Å². The molecule has 1 amide bonds. The second-order valence-electron chi connectivity index (χ2n) is 6.98. The van der Waals surface area contributed by atoms with Gasteiger partial charge in [0, 0.05) is 11.7 Å². The third kappa shape index (κ3) is 3.80. The largest absolute Gasteiger partial charge is 0.416 e. The Morgan fingerprint density at radius 3 is 2.50 bits per heavy atom. The molecule has 0 fully saturated rings. The topological polar surface area (TPSA) is 59.8 Å². The normalized spacial score (nSPS) is 11.9. The standard InChI is InChI=1S/C21H17F3N4OS/c1-12(2)28-19-16(11-25-28)15(10-17(27-19)18-4-3-9-30-18)20(29)26-14-7-5-13(6-8-14)21(22,23)24/h3-12H,1-2H3,(H,26,29). The summed E-state index contributed by atoms with van der Waals surface area (Å²) in [6.45, 7) is 3.93. The van der Waals surface area contributed by atoms with Crippen molar-refractivity contribution in [2.24, 2.45) is 0 Å². The summed E-state index contributed by atoms with van der Waals surface area (Å²) in [7, 11) is 0. The van der Waals surface area contributed by atoms with Gasteiger partial charge in [0.1, 0.15) is 0 Å². The lowest BCUT2D eigenvalue weighted by molar-refractivity contribution is -0.137. The van der Waals surface area contributed by atoms with Gasteiger partial charge in [0.2, 0.25) is 0 Å².